The number of anilines is 2. The van der Waals surface area contributed by atoms with Gasteiger partial charge in [0.15, 0.2) is 0 Å². The van der Waals surface area contributed by atoms with Gasteiger partial charge in [-0.15, -0.1) is 0 Å². The van der Waals surface area contributed by atoms with Gasteiger partial charge in [0.2, 0.25) is 11.1 Å². The second-order valence-electron chi connectivity index (χ2n) is 5.39. The summed E-state index contributed by atoms with van der Waals surface area (Å²) in [4.78, 5) is 29.2. The maximum absolute atomic E-state index is 11.3. The summed E-state index contributed by atoms with van der Waals surface area (Å²) in [6, 6.07) is 6.90. The number of unbranched alkanes of at least 4 members (excludes halogenated alkanes) is 1. The number of halogens is 1. The average Bonchev–Trinajstić information content (AvgIpc) is 2.62. The zero-order valence-electron chi connectivity index (χ0n) is 14.7. The molecule has 0 atom stereocenters. The van der Waals surface area contributed by atoms with E-state index in [0.717, 1.165) is 6.20 Å². The molecule has 0 spiro atoms. The lowest BCUT2D eigenvalue weighted by Crippen LogP contribution is -2.05. The summed E-state index contributed by atoms with van der Waals surface area (Å²) < 4.78 is 10.5. The molecule has 0 radical (unpaired) electrons. The van der Waals surface area contributed by atoms with Gasteiger partial charge in [-0.25, -0.2) is 4.98 Å². The standard InChI is InChI=1S/C17H19ClN4O5/c1-2-26-15(23)8-3-4-9-27-13-7-5-6-12(10-13)20-16-14(22(24)25)11-19-17(18)21-16/h5-7,10-11H,2-4,8-9H2,1H3,(H,19,20,21). The highest BCUT2D eigenvalue weighted by Crippen LogP contribution is 2.27. The van der Waals surface area contributed by atoms with E-state index in [0.29, 0.717) is 43.9 Å². The number of rotatable bonds is 10. The summed E-state index contributed by atoms with van der Waals surface area (Å²) in [5.74, 6) is 0.360. The highest BCUT2D eigenvalue weighted by atomic mass is 35.5. The van der Waals surface area contributed by atoms with Crippen molar-refractivity contribution in [1.82, 2.24) is 9.97 Å². The van der Waals surface area contributed by atoms with Crippen LogP contribution in [-0.2, 0) is 9.53 Å². The molecule has 27 heavy (non-hydrogen) atoms. The number of hydrogen-bond acceptors (Lipinski definition) is 8. The Kier molecular flexibility index (Phi) is 7.75. The van der Waals surface area contributed by atoms with Crippen LogP contribution in [0.25, 0.3) is 0 Å². The van der Waals surface area contributed by atoms with Gasteiger partial charge in [0, 0.05) is 18.2 Å². The molecule has 0 aliphatic rings. The van der Waals surface area contributed by atoms with Crippen LogP contribution in [0.4, 0.5) is 17.2 Å². The summed E-state index contributed by atoms with van der Waals surface area (Å²) in [5, 5.41) is 13.8. The van der Waals surface area contributed by atoms with Crippen LogP contribution in [0, 0.1) is 10.1 Å². The molecule has 2 aromatic rings. The van der Waals surface area contributed by atoms with Gasteiger partial charge in [-0.05, 0) is 43.5 Å². The third-order valence-electron chi connectivity index (χ3n) is 3.38. The van der Waals surface area contributed by atoms with E-state index >= 15 is 0 Å². The zero-order valence-corrected chi connectivity index (χ0v) is 15.4. The van der Waals surface area contributed by atoms with Gasteiger partial charge in [-0.1, -0.05) is 6.07 Å². The first-order valence-electron chi connectivity index (χ1n) is 8.32. The topological polar surface area (TPSA) is 116 Å². The Morgan fingerprint density at radius 2 is 2.19 bits per heavy atom. The van der Waals surface area contributed by atoms with E-state index in [1.165, 1.54) is 0 Å². The lowest BCUT2D eigenvalue weighted by Gasteiger charge is -2.10. The highest BCUT2D eigenvalue weighted by Gasteiger charge is 2.17. The van der Waals surface area contributed by atoms with E-state index in [1.807, 2.05) is 0 Å². The van der Waals surface area contributed by atoms with Gasteiger partial charge in [0.25, 0.3) is 0 Å². The fourth-order valence-electron chi connectivity index (χ4n) is 2.17. The molecule has 0 bridgehead atoms. The zero-order chi connectivity index (χ0) is 19.6. The molecule has 1 aromatic heterocycles. The van der Waals surface area contributed by atoms with Crippen LogP contribution in [0.5, 0.6) is 5.75 Å². The lowest BCUT2D eigenvalue weighted by atomic mass is 10.2. The molecule has 2 rings (SSSR count). The van der Waals surface area contributed by atoms with Crippen LogP contribution < -0.4 is 10.1 Å². The summed E-state index contributed by atoms with van der Waals surface area (Å²) in [7, 11) is 0. The van der Waals surface area contributed by atoms with E-state index in [-0.39, 0.29) is 22.8 Å². The van der Waals surface area contributed by atoms with Crippen molar-refractivity contribution >= 4 is 34.8 Å². The summed E-state index contributed by atoms with van der Waals surface area (Å²) in [5.41, 5.74) is 0.265. The lowest BCUT2D eigenvalue weighted by molar-refractivity contribution is -0.384. The van der Waals surface area contributed by atoms with E-state index in [1.54, 1.807) is 31.2 Å². The maximum Gasteiger partial charge on any atom is 0.329 e. The van der Waals surface area contributed by atoms with Crippen molar-refractivity contribution < 1.29 is 19.2 Å². The van der Waals surface area contributed by atoms with Crippen LogP contribution in [0.2, 0.25) is 5.28 Å². The van der Waals surface area contributed by atoms with Gasteiger partial charge in [0.1, 0.15) is 11.9 Å². The quantitative estimate of drug-likeness (QED) is 0.212. The molecular formula is C17H19ClN4O5. The van der Waals surface area contributed by atoms with Crippen LogP contribution in [0.1, 0.15) is 26.2 Å². The second-order valence-corrected chi connectivity index (χ2v) is 5.73. The molecule has 9 nitrogen and oxygen atoms in total. The number of nitrogens with one attached hydrogen (secondary N) is 1. The van der Waals surface area contributed by atoms with Crippen molar-refractivity contribution in [2.24, 2.45) is 0 Å². The predicted octanol–water partition coefficient (Wildman–Crippen LogP) is 3.89. The maximum atomic E-state index is 11.3. The molecule has 10 heteroatoms. The Morgan fingerprint density at radius 3 is 2.93 bits per heavy atom. The fraction of sp³-hybridized carbons (Fsp3) is 0.353. The van der Waals surface area contributed by atoms with Gasteiger partial charge < -0.3 is 14.8 Å². The van der Waals surface area contributed by atoms with Gasteiger partial charge >= 0.3 is 11.7 Å². The number of aromatic nitrogens is 2. The van der Waals surface area contributed by atoms with Crippen molar-refractivity contribution in [2.45, 2.75) is 26.2 Å². The van der Waals surface area contributed by atoms with Crippen molar-refractivity contribution in [3.63, 3.8) is 0 Å². The average molecular weight is 395 g/mol. The molecule has 0 saturated heterocycles. The molecule has 1 aromatic carbocycles. The first-order valence-corrected chi connectivity index (χ1v) is 8.70. The first-order chi connectivity index (χ1) is 13.0. The number of hydrogen-bond donors (Lipinski definition) is 1. The van der Waals surface area contributed by atoms with Crippen molar-refractivity contribution in [2.75, 3.05) is 18.5 Å². The minimum atomic E-state index is -0.595. The third-order valence-corrected chi connectivity index (χ3v) is 3.56. The summed E-state index contributed by atoms with van der Waals surface area (Å²) in [6.07, 6.45) is 2.77. The van der Waals surface area contributed by atoms with Gasteiger partial charge in [-0.3, -0.25) is 14.9 Å². The molecule has 1 N–H and O–H groups in total. The SMILES string of the molecule is CCOC(=O)CCCCOc1cccc(Nc2nc(Cl)ncc2[N+](=O)[O-])c1. The number of nitro groups is 1. The number of carbonyl (C=O) groups excluding carboxylic acids is 1. The Morgan fingerprint density at radius 1 is 1.37 bits per heavy atom. The molecule has 0 unspecified atom stereocenters. The van der Waals surface area contributed by atoms with E-state index in [4.69, 9.17) is 21.1 Å². The molecule has 0 amide bonds. The number of esters is 1. The molecule has 144 valence electrons. The van der Waals surface area contributed by atoms with Crippen LogP contribution >= 0.6 is 11.6 Å². The molecule has 0 aliphatic carbocycles. The van der Waals surface area contributed by atoms with Gasteiger partial charge in [0.05, 0.1) is 18.1 Å². The Hall–Kier alpha value is -2.94. The first kappa shape index (κ1) is 20.4. The minimum absolute atomic E-state index is 0.00779. The summed E-state index contributed by atoms with van der Waals surface area (Å²) >= 11 is 5.72. The Balaban J connectivity index is 1.91. The van der Waals surface area contributed by atoms with Crippen LogP contribution in [-0.4, -0.2) is 34.1 Å². The van der Waals surface area contributed by atoms with Crippen molar-refractivity contribution in [3.8, 4) is 5.75 Å². The molecular weight excluding hydrogens is 376 g/mol. The van der Waals surface area contributed by atoms with Crippen molar-refractivity contribution in [1.29, 1.82) is 0 Å². The largest absolute Gasteiger partial charge is 0.494 e. The van der Waals surface area contributed by atoms with Crippen molar-refractivity contribution in [3.05, 3.63) is 45.9 Å². The van der Waals surface area contributed by atoms with Gasteiger partial charge in [-0.2, -0.15) is 4.98 Å². The smallest absolute Gasteiger partial charge is 0.329 e. The van der Waals surface area contributed by atoms with E-state index in [9.17, 15) is 14.9 Å². The molecule has 0 saturated carbocycles. The Bertz CT molecular complexity index is 803. The number of carbonyl (C=O) groups is 1. The monoisotopic (exact) mass is 394 g/mol. The Labute approximate surface area is 160 Å². The van der Waals surface area contributed by atoms with E-state index < -0.39 is 4.92 Å². The third kappa shape index (κ3) is 6.70. The molecule has 0 fully saturated rings. The molecule has 1 heterocycles. The minimum Gasteiger partial charge on any atom is -0.494 e. The number of benzene rings is 1. The normalized spacial score (nSPS) is 10.3. The van der Waals surface area contributed by atoms with Crippen LogP contribution in [0.15, 0.2) is 30.5 Å². The summed E-state index contributed by atoms with van der Waals surface area (Å²) in [6.45, 7) is 2.58. The molecule has 0 aliphatic heterocycles. The predicted molar refractivity (Wildman–Crippen MR) is 99.4 cm³/mol. The second kappa shape index (κ2) is 10.3. The van der Waals surface area contributed by atoms with Crippen LogP contribution in [0.3, 0.4) is 0 Å². The highest BCUT2D eigenvalue weighted by molar-refractivity contribution is 6.28. The number of ether oxygens (including phenoxy) is 2. The van der Waals surface area contributed by atoms with E-state index in [2.05, 4.69) is 15.3 Å². The fourth-order valence-corrected chi connectivity index (χ4v) is 2.31. The number of nitrogens with zero attached hydrogens (tertiary/aromatic N) is 3.